The maximum absolute atomic E-state index is 13.1. The molecule has 0 aromatic heterocycles. The van der Waals surface area contributed by atoms with E-state index in [4.69, 9.17) is 5.73 Å². The number of sulfonamides is 1. The maximum atomic E-state index is 13.1. The Hall–Kier alpha value is -1.60. The van der Waals surface area contributed by atoms with Crippen LogP contribution in [0, 0.1) is 5.82 Å². The lowest BCUT2D eigenvalue weighted by Gasteiger charge is -2.09. The molecule has 0 bridgehead atoms. The van der Waals surface area contributed by atoms with Gasteiger partial charge in [-0.3, -0.25) is 4.72 Å². The Balaban J connectivity index is 2.33. The predicted octanol–water partition coefficient (Wildman–Crippen LogP) is 2.97. The third-order valence-electron chi connectivity index (χ3n) is 2.34. The largest absolute Gasteiger partial charge is 0.399 e. The first-order chi connectivity index (χ1) is 8.88. The van der Waals surface area contributed by atoms with Crippen LogP contribution in [0.25, 0.3) is 0 Å². The van der Waals surface area contributed by atoms with Crippen LogP contribution in [-0.4, -0.2) is 8.42 Å². The second kappa shape index (κ2) is 5.18. The molecule has 4 nitrogen and oxygen atoms in total. The zero-order valence-corrected chi connectivity index (χ0v) is 12.0. The van der Waals surface area contributed by atoms with Crippen LogP contribution in [0.3, 0.4) is 0 Å². The molecule has 0 fully saturated rings. The third kappa shape index (κ3) is 3.24. The van der Waals surface area contributed by atoms with Crippen molar-refractivity contribution in [1.82, 2.24) is 0 Å². The number of nitrogens with one attached hydrogen (secondary N) is 1. The second-order valence-corrected chi connectivity index (χ2v) is 6.34. The van der Waals surface area contributed by atoms with Gasteiger partial charge < -0.3 is 5.73 Å². The number of nitrogen functional groups attached to an aromatic ring is 1. The molecule has 0 radical (unpaired) electrons. The summed E-state index contributed by atoms with van der Waals surface area (Å²) in [5.41, 5.74) is 6.15. The van der Waals surface area contributed by atoms with Crippen LogP contribution < -0.4 is 10.5 Å². The lowest BCUT2D eigenvalue weighted by Crippen LogP contribution is -2.13. The molecule has 0 aliphatic heterocycles. The van der Waals surface area contributed by atoms with Gasteiger partial charge in [0.1, 0.15) is 5.82 Å². The lowest BCUT2D eigenvalue weighted by atomic mass is 10.3. The molecule has 0 heterocycles. The molecule has 0 spiro atoms. The first-order valence-electron chi connectivity index (χ1n) is 5.22. The van der Waals surface area contributed by atoms with Gasteiger partial charge in [-0.15, -0.1) is 0 Å². The molecule has 0 saturated carbocycles. The van der Waals surface area contributed by atoms with Gasteiger partial charge in [-0.25, -0.2) is 12.8 Å². The SMILES string of the molecule is Nc1cccc(S(=O)(=O)Nc2ccc(F)c(Br)c2)c1. The molecule has 2 rings (SSSR count). The summed E-state index contributed by atoms with van der Waals surface area (Å²) < 4.78 is 39.7. The van der Waals surface area contributed by atoms with Crippen molar-refractivity contribution >= 4 is 37.3 Å². The lowest BCUT2D eigenvalue weighted by molar-refractivity contribution is 0.601. The average molecular weight is 345 g/mol. The first kappa shape index (κ1) is 13.8. The summed E-state index contributed by atoms with van der Waals surface area (Å²) >= 11 is 2.99. The van der Waals surface area contributed by atoms with E-state index in [-0.39, 0.29) is 15.1 Å². The molecule has 0 amide bonds. The molecule has 3 N–H and O–H groups in total. The molecule has 19 heavy (non-hydrogen) atoms. The van der Waals surface area contributed by atoms with Crippen molar-refractivity contribution in [1.29, 1.82) is 0 Å². The van der Waals surface area contributed by atoms with E-state index < -0.39 is 15.8 Å². The highest BCUT2D eigenvalue weighted by Crippen LogP contribution is 2.23. The zero-order chi connectivity index (χ0) is 14.0. The molecule has 7 heteroatoms. The highest BCUT2D eigenvalue weighted by molar-refractivity contribution is 9.10. The normalized spacial score (nSPS) is 11.3. The van der Waals surface area contributed by atoms with Crippen molar-refractivity contribution in [2.75, 3.05) is 10.5 Å². The van der Waals surface area contributed by atoms with Gasteiger partial charge in [-0.1, -0.05) is 6.07 Å². The summed E-state index contributed by atoms with van der Waals surface area (Å²) in [5, 5.41) is 0. The first-order valence-corrected chi connectivity index (χ1v) is 7.49. The van der Waals surface area contributed by atoms with Crippen molar-refractivity contribution in [3.63, 3.8) is 0 Å². The van der Waals surface area contributed by atoms with Gasteiger partial charge in [0.25, 0.3) is 10.0 Å². The van der Waals surface area contributed by atoms with Gasteiger partial charge in [0.15, 0.2) is 0 Å². The predicted molar refractivity (Wildman–Crippen MR) is 75.8 cm³/mol. The summed E-state index contributed by atoms with van der Waals surface area (Å²) in [6.45, 7) is 0. The van der Waals surface area contributed by atoms with Gasteiger partial charge in [-0.05, 0) is 52.3 Å². The highest BCUT2D eigenvalue weighted by Gasteiger charge is 2.14. The van der Waals surface area contributed by atoms with Crippen LogP contribution >= 0.6 is 15.9 Å². The summed E-state index contributed by atoms with van der Waals surface area (Å²) in [6, 6.07) is 9.76. The summed E-state index contributed by atoms with van der Waals surface area (Å²) in [7, 11) is -3.74. The minimum Gasteiger partial charge on any atom is -0.399 e. The van der Waals surface area contributed by atoms with Crippen molar-refractivity contribution < 1.29 is 12.8 Å². The number of hydrogen-bond acceptors (Lipinski definition) is 3. The Labute approximate surface area is 118 Å². The van der Waals surface area contributed by atoms with E-state index >= 15 is 0 Å². The zero-order valence-electron chi connectivity index (χ0n) is 9.60. The van der Waals surface area contributed by atoms with E-state index in [1.807, 2.05) is 0 Å². The Morgan fingerprint density at radius 3 is 2.53 bits per heavy atom. The van der Waals surface area contributed by atoms with Crippen molar-refractivity contribution in [3.8, 4) is 0 Å². The maximum Gasteiger partial charge on any atom is 0.261 e. The quantitative estimate of drug-likeness (QED) is 0.840. The smallest absolute Gasteiger partial charge is 0.261 e. The van der Waals surface area contributed by atoms with E-state index in [9.17, 15) is 12.8 Å². The molecule has 0 aliphatic carbocycles. The van der Waals surface area contributed by atoms with E-state index in [0.717, 1.165) is 0 Å². The molecule has 2 aromatic rings. The van der Waals surface area contributed by atoms with Gasteiger partial charge in [0.2, 0.25) is 0 Å². The topological polar surface area (TPSA) is 72.2 Å². The van der Waals surface area contributed by atoms with Crippen molar-refractivity contribution in [3.05, 3.63) is 52.8 Å². The summed E-state index contributed by atoms with van der Waals surface area (Å²) in [6.07, 6.45) is 0. The molecule has 0 aliphatic rings. The van der Waals surface area contributed by atoms with E-state index in [0.29, 0.717) is 5.69 Å². The number of nitrogens with two attached hydrogens (primary N) is 1. The van der Waals surface area contributed by atoms with Gasteiger partial charge in [-0.2, -0.15) is 0 Å². The highest BCUT2D eigenvalue weighted by atomic mass is 79.9. The van der Waals surface area contributed by atoms with E-state index in [2.05, 4.69) is 20.7 Å². The molecular weight excluding hydrogens is 335 g/mol. The molecule has 100 valence electrons. The third-order valence-corrected chi connectivity index (χ3v) is 4.33. The average Bonchev–Trinajstić information content (AvgIpc) is 2.33. The van der Waals surface area contributed by atoms with Gasteiger partial charge in [0, 0.05) is 5.69 Å². The van der Waals surface area contributed by atoms with Crippen LogP contribution in [0.2, 0.25) is 0 Å². The Morgan fingerprint density at radius 1 is 1.16 bits per heavy atom. The number of hydrogen-bond donors (Lipinski definition) is 2. The fourth-order valence-corrected chi connectivity index (χ4v) is 2.94. The fraction of sp³-hybridized carbons (Fsp3) is 0. The summed E-state index contributed by atoms with van der Waals surface area (Å²) in [4.78, 5) is 0.0490. The van der Waals surface area contributed by atoms with Gasteiger partial charge >= 0.3 is 0 Å². The number of halogens is 2. The molecule has 0 atom stereocenters. The van der Waals surface area contributed by atoms with Crippen LogP contribution in [0.1, 0.15) is 0 Å². The Morgan fingerprint density at radius 2 is 1.89 bits per heavy atom. The van der Waals surface area contributed by atoms with Crippen molar-refractivity contribution in [2.45, 2.75) is 4.90 Å². The number of anilines is 2. The minimum absolute atomic E-state index is 0.0490. The molecular formula is C12H10BrFN2O2S. The van der Waals surface area contributed by atoms with Crippen LogP contribution in [-0.2, 0) is 10.0 Å². The second-order valence-electron chi connectivity index (χ2n) is 3.81. The van der Waals surface area contributed by atoms with Crippen LogP contribution in [0.4, 0.5) is 15.8 Å². The minimum atomic E-state index is -3.74. The Kier molecular flexibility index (Phi) is 3.77. The monoisotopic (exact) mass is 344 g/mol. The van der Waals surface area contributed by atoms with E-state index in [1.165, 1.54) is 30.3 Å². The Bertz CT molecular complexity index is 719. The van der Waals surface area contributed by atoms with Crippen LogP contribution in [0.5, 0.6) is 0 Å². The molecule has 0 saturated heterocycles. The molecule has 0 unspecified atom stereocenters. The van der Waals surface area contributed by atoms with Crippen molar-refractivity contribution in [2.24, 2.45) is 0 Å². The summed E-state index contributed by atoms with van der Waals surface area (Å²) in [5.74, 6) is -0.466. The number of benzene rings is 2. The van der Waals surface area contributed by atoms with E-state index in [1.54, 1.807) is 12.1 Å². The van der Waals surface area contributed by atoms with Crippen LogP contribution in [0.15, 0.2) is 51.8 Å². The standard InChI is InChI=1S/C12H10BrFN2O2S/c13-11-7-9(4-5-12(11)14)16-19(17,18)10-3-1-2-8(15)6-10/h1-7,16H,15H2. The fourth-order valence-electron chi connectivity index (χ4n) is 1.46. The number of rotatable bonds is 3. The van der Waals surface area contributed by atoms with Gasteiger partial charge in [0.05, 0.1) is 15.1 Å². The molecule has 2 aromatic carbocycles.